The minimum absolute atomic E-state index is 0.259. The maximum Gasteiger partial charge on any atom is 0.673 e. The molecule has 0 aliphatic heterocycles. The van der Waals surface area contributed by atoms with Gasteiger partial charge in [0.1, 0.15) is 5.75 Å². The molecule has 0 fully saturated rings. The molecule has 162 valence electrons. The van der Waals surface area contributed by atoms with Crippen LogP contribution < -0.4 is 0 Å². The fourth-order valence-electron chi connectivity index (χ4n) is 2.91. The first-order valence-corrected chi connectivity index (χ1v) is 9.71. The van der Waals surface area contributed by atoms with E-state index >= 15 is 0 Å². The van der Waals surface area contributed by atoms with Gasteiger partial charge in [0.15, 0.2) is 0 Å². The van der Waals surface area contributed by atoms with Crippen molar-refractivity contribution in [3.8, 4) is 28.2 Å². The maximum atomic E-state index is 9.75. The van der Waals surface area contributed by atoms with Crippen LogP contribution in [0.2, 0.25) is 0 Å². The molecule has 0 saturated heterocycles. The van der Waals surface area contributed by atoms with Gasteiger partial charge in [-0.25, -0.2) is 4.42 Å². The molecule has 0 radical (unpaired) electrons. The van der Waals surface area contributed by atoms with E-state index in [9.17, 15) is 22.4 Å². The summed E-state index contributed by atoms with van der Waals surface area (Å²) in [7, 11) is -6.00. The van der Waals surface area contributed by atoms with Crippen LogP contribution in [0.3, 0.4) is 0 Å². The van der Waals surface area contributed by atoms with E-state index in [0.717, 1.165) is 33.8 Å². The number of hydrogen-bond donors (Lipinski definition) is 1. The Kier molecular flexibility index (Phi) is 7.44. The number of phenols is 1. The molecule has 0 bridgehead atoms. The van der Waals surface area contributed by atoms with Crippen molar-refractivity contribution in [2.24, 2.45) is 0 Å². The van der Waals surface area contributed by atoms with Gasteiger partial charge in [-0.15, -0.1) is 0 Å². The first-order valence-electron chi connectivity index (χ1n) is 9.71. The first-order chi connectivity index (χ1) is 15.3. The fraction of sp³-hybridized carbons (Fsp3) is 0. The maximum absolute atomic E-state index is 9.75. The lowest BCUT2D eigenvalue weighted by Gasteiger charge is -2.00. The van der Waals surface area contributed by atoms with Gasteiger partial charge in [0, 0.05) is 11.6 Å². The molecule has 0 atom stereocenters. The number of hydrogen-bond acceptors (Lipinski definition) is 1. The van der Waals surface area contributed by atoms with Crippen LogP contribution in [0.1, 0.15) is 11.3 Å². The van der Waals surface area contributed by atoms with Gasteiger partial charge in [0.25, 0.3) is 0 Å². The van der Waals surface area contributed by atoms with E-state index in [1.807, 2.05) is 78.9 Å². The van der Waals surface area contributed by atoms with Crippen LogP contribution in [0.4, 0.5) is 17.3 Å². The summed E-state index contributed by atoms with van der Waals surface area (Å²) in [6.45, 7) is 0. The molecule has 4 aromatic rings. The SMILES string of the molecule is F[B-](F)(F)F.Oc1ccc(C=Cc2cc(-c3ccccc3)cc(-c3ccccc3)[o+]2)cc1. The normalized spacial score (nSPS) is 11.1. The molecular weight excluding hydrogens is 419 g/mol. The average Bonchev–Trinajstić information content (AvgIpc) is 2.79. The van der Waals surface area contributed by atoms with E-state index < -0.39 is 7.25 Å². The Balaban J connectivity index is 0.000000523. The zero-order valence-electron chi connectivity index (χ0n) is 16.8. The van der Waals surface area contributed by atoms with Crippen LogP contribution in [0.15, 0.2) is 101 Å². The lowest BCUT2D eigenvalue weighted by Crippen LogP contribution is -2.02. The van der Waals surface area contributed by atoms with Gasteiger partial charge in [0.2, 0.25) is 0 Å². The Morgan fingerprint density at radius 3 is 1.72 bits per heavy atom. The zero-order chi connectivity index (χ0) is 23.0. The second kappa shape index (κ2) is 10.4. The van der Waals surface area contributed by atoms with E-state index in [1.54, 1.807) is 12.1 Å². The standard InChI is InChI=1S/C25H18O2.BF4/c26-23-14-11-19(12-15-23)13-16-24-17-22(20-7-3-1-4-8-20)18-25(27-24)21-9-5-2-6-10-21;2-1(3,4)5/h1-18H;/q;-1/p+1. The van der Waals surface area contributed by atoms with Crippen LogP contribution in [-0.2, 0) is 0 Å². The van der Waals surface area contributed by atoms with Crippen molar-refractivity contribution in [2.45, 2.75) is 0 Å². The second-order valence-electron chi connectivity index (χ2n) is 6.76. The van der Waals surface area contributed by atoms with Crippen molar-refractivity contribution in [3.05, 3.63) is 108 Å². The Morgan fingerprint density at radius 2 is 1.16 bits per heavy atom. The highest BCUT2D eigenvalue weighted by molar-refractivity contribution is 6.50. The Morgan fingerprint density at radius 1 is 0.625 bits per heavy atom. The van der Waals surface area contributed by atoms with Crippen LogP contribution >= 0.6 is 0 Å². The van der Waals surface area contributed by atoms with Crippen LogP contribution in [0.5, 0.6) is 5.75 Å². The van der Waals surface area contributed by atoms with Crippen LogP contribution in [0, 0.1) is 0 Å². The highest BCUT2D eigenvalue weighted by atomic mass is 19.5. The van der Waals surface area contributed by atoms with Gasteiger partial charge in [-0.3, -0.25) is 0 Å². The summed E-state index contributed by atoms with van der Waals surface area (Å²) in [6, 6.07) is 31.6. The Labute approximate surface area is 183 Å². The molecular formula is C25H19BF4O2. The van der Waals surface area contributed by atoms with Gasteiger partial charge < -0.3 is 22.4 Å². The highest BCUT2D eigenvalue weighted by Gasteiger charge is 2.20. The second-order valence-corrected chi connectivity index (χ2v) is 6.76. The minimum atomic E-state index is -6.00. The topological polar surface area (TPSA) is 31.5 Å². The van der Waals surface area contributed by atoms with Gasteiger partial charge in [-0.05, 0) is 41.5 Å². The molecule has 0 saturated carbocycles. The Bertz CT molecular complexity index is 1100. The summed E-state index contributed by atoms with van der Waals surface area (Å²) in [5.74, 6) is 1.85. The number of halogens is 4. The third-order valence-electron chi connectivity index (χ3n) is 4.31. The molecule has 1 aromatic heterocycles. The molecule has 0 aliphatic carbocycles. The summed E-state index contributed by atoms with van der Waals surface area (Å²) in [6.07, 6.45) is 3.92. The summed E-state index contributed by atoms with van der Waals surface area (Å²) in [5.41, 5.74) is 4.28. The van der Waals surface area contributed by atoms with Crippen molar-refractivity contribution >= 4 is 19.4 Å². The van der Waals surface area contributed by atoms with E-state index in [-0.39, 0.29) is 5.75 Å². The third-order valence-corrected chi connectivity index (χ3v) is 4.31. The lowest BCUT2D eigenvalue weighted by atomic mass is 10.0. The first kappa shape index (κ1) is 22.8. The van der Waals surface area contributed by atoms with Crippen molar-refractivity contribution in [3.63, 3.8) is 0 Å². The molecule has 0 spiro atoms. The average molecular weight is 438 g/mol. The predicted molar refractivity (Wildman–Crippen MR) is 121 cm³/mol. The van der Waals surface area contributed by atoms with Crippen molar-refractivity contribution < 1.29 is 26.8 Å². The summed E-state index contributed by atoms with van der Waals surface area (Å²) in [5, 5.41) is 9.42. The zero-order valence-corrected chi connectivity index (χ0v) is 16.8. The van der Waals surface area contributed by atoms with E-state index in [0.29, 0.717) is 0 Å². The summed E-state index contributed by atoms with van der Waals surface area (Å²) >= 11 is 0. The van der Waals surface area contributed by atoms with Crippen LogP contribution in [-0.4, -0.2) is 12.4 Å². The van der Waals surface area contributed by atoms with E-state index in [2.05, 4.69) is 18.2 Å². The minimum Gasteiger partial charge on any atom is -0.508 e. The molecule has 1 N–H and O–H groups in total. The van der Waals surface area contributed by atoms with Gasteiger partial charge in [-0.2, -0.15) is 0 Å². The Hall–Kier alpha value is -3.87. The quantitative estimate of drug-likeness (QED) is 0.199. The van der Waals surface area contributed by atoms with Gasteiger partial charge in [-0.1, -0.05) is 60.7 Å². The van der Waals surface area contributed by atoms with E-state index in [4.69, 9.17) is 4.42 Å². The fourth-order valence-corrected chi connectivity index (χ4v) is 2.91. The van der Waals surface area contributed by atoms with Gasteiger partial charge in [0.05, 0.1) is 17.7 Å². The van der Waals surface area contributed by atoms with E-state index in [1.165, 1.54) is 0 Å². The third kappa shape index (κ3) is 7.43. The number of benzene rings is 3. The number of rotatable bonds is 4. The van der Waals surface area contributed by atoms with Crippen molar-refractivity contribution in [1.29, 1.82) is 0 Å². The molecule has 3 aromatic carbocycles. The monoisotopic (exact) mass is 438 g/mol. The number of phenolic OH excluding ortho intramolecular Hbond substituents is 1. The molecule has 7 heteroatoms. The molecule has 1 heterocycles. The number of aromatic hydroxyl groups is 1. The summed E-state index contributed by atoms with van der Waals surface area (Å²) in [4.78, 5) is 0. The molecule has 0 amide bonds. The van der Waals surface area contributed by atoms with Crippen LogP contribution in [0.25, 0.3) is 34.6 Å². The predicted octanol–water partition coefficient (Wildman–Crippen LogP) is 8.07. The molecule has 0 aliphatic rings. The lowest BCUT2D eigenvalue weighted by molar-refractivity contribution is 0.368. The molecule has 32 heavy (non-hydrogen) atoms. The largest absolute Gasteiger partial charge is 0.673 e. The summed E-state index contributed by atoms with van der Waals surface area (Å²) < 4.78 is 45.1. The van der Waals surface area contributed by atoms with Crippen molar-refractivity contribution in [2.75, 3.05) is 0 Å². The van der Waals surface area contributed by atoms with Crippen molar-refractivity contribution in [1.82, 2.24) is 0 Å². The highest BCUT2D eigenvalue weighted by Crippen LogP contribution is 2.29. The molecule has 4 rings (SSSR count). The molecule has 2 nitrogen and oxygen atoms in total. The van der Waals surface area contributed by atoms with Gasteiger partial charge >= 0.3 is 18.8 Å². The molecule has 0 unspecified atom stereocenters. The smallest absolute Gasteiger partial charge is 0.508 e.